The van der Waals surface area contributed by atoms with Crippen LogP contribution in [0.4, 0.5) is 0 Å². The molecule has 0 aliphatic carbocycles. The summed E-state index contributed by atoms with van der Waals surface area (Å²) in [5, 5.41) is 2.73. The molecule has 1 aliphatic heterocycles. The van der Waals surface area contributed by atoms with Gasteiger partial charge in [-0.3, -0.25) is 4.79 Å². The third kappa shape index (κ3) is 5.42. The lowest BCUT2D eigenvalue weighted by molar-refractivity contribution is 0.0950. The lowest BCUT2D eigenvalue weighted by Crippen LogP contribution is -2.44. The van der Waals surface area contributed by atoms with Crippen LogP contribution in [0.1, 0.15) is 43.3 Å². The van der Waals surface area contributed by atoms with Gasteiger partial charge < -0.3 is 11.1 Å². The van der Waals surface area contributed by atoms with Crippen LogP contribution in [0.3, 0.4) is 0 Å². The van der Waals surface area contributed by atoms with Crippen molar-refractivity contribution in [2.24, 2.45) is 11.7 Å². The molecule has 0 unspecified atom stereocenters. The normalized spacial score (nSPS) is 17.3. The molecule has 1 aromatic rings. The van der Waals surface area contributed by atoms with E-state index in [-0.39, 0.29) is 22.5 Å². The molecule has 1 aromatic heterocycles. The second-order valence-electron chi connectivity index (χ2n) is 6.88. The lowest BCUT2D eigenvalue weighted by atomic mass is 10.0. The highest BCUT2D eigenvalue weighted by Crippen LogP contribution is 2.28. The Balaban J connectivity index is 0.00000288. The number of rotatable bonds is 5. The number of nitrogens with one attached hydrogen (secondary N) is 1. The quantitative estimate of drug-likeness (QED) is 0.798. The highest BCUT2D eigenvalue weighted by molar-refractivity contribution is 7.91. The second kappa shape index (κ2) is 8.14. The smallest absolute Gasteiger partial charge is 0.261 e. The van der Waals surface area contributed by atoms with Crippen molar-refractivity contribution in [1.29, 1.82) is 0 Å². The van der Waals surface area contributed by atoms with E-state index in [0.717, 1.165) is 24.2 Å². The van der Waals surface area contributed by atoms with Gasteiger partial charge in [0, 0.05) is 25.2 Å². The van der Waals surface area contributed by atoms with Crippen LogP contribution in [0, 0.1) is 5.92 Å². The third-order valence-corrected chi connectivity index (χ3v) is 7.30. The van der Waals surface area contributed by atoms with Crippen LogP contribution in [-0.4, -0.2) is 43.8 Å². The standard InChI is InChI=1S/C15H25N3O3S2.ClH/c1-11-6-8-18(9-7-11)23(20,21)13-5-4-12(22-13)14(19)17-10-15(2,3)16;/h4-5,11H,6-10,16H2,1-3H3,(H,17,19);1H. The number of amides is 1. The fourth-order valence-electron chi connectivity index (χ4n) is 2.33. The molecule has 9 heteroatoms. The largest absolute Gasteiger partial charge is 0.350 e. The average Bonchev–Trinajstić information content (AvgIpc) is 2.95. The Hall–Kier alpha value is -0.670. The van der Waals surface area contributed by atoms with E-state index in [0.29, 0.717) is 30.4 Å². The van der Waals surface area contributed by atoms with Crippen molar-refractivity contribution in [3.63, 3.8) is 0 Å². The van der Waals surface area contributed by atoms with Gasteiger partial charge in [-0.2, -0.15) is 4.31 Å². The van der Waals surface area contributed by atoms with Crippen LogP contribution in [0.25, 0.3) is 0 Å². The van der Waals surface area contributed by atoms with Gasteiger partial charge in [-0.15, -0.1) is 23.7 Å². The fourth-order valence-corrected chi connectivity index (χ4v) is 5.18. The zero-order chi connectivity index (χ0) is 17.3. The number of hydrogen-bond donors (Lipinski definition) is 2. The van der Waals surface area contributed by atoms with Gasteiger partial charge in [0.1, 0.15) is 4.21 Å². The fraction of sp³-hybridized carbons (Fsp3) is 0.667. The van der Waals surface area contributed by atoms with Crippen molar-refractivity contribution in [3.05, 3.63) is 17.0 Å². The van der Waals surface area contributed by atoms with Gasteiger partial charge in [0.05, 0.1) is 4.88 Å². The van der Waals surface area contributed by atoms with Crippen LogP contribution in [0.5, 0.6) is 0 Å². The predicted molar refractivity (Wildman–Crippen MR) is 99.3 cm³/mol. The number of nitrogens with zero attached hydrogens (tertiary/aromatic N) is 1. The topological polar surface area (TPSA) is 92.5 Å². The van der Waals surface area contributed by atoms with Crippen molar-refractivity contribution < 1.29 is 13.2 Å². The zero-order valence-electron chi connectivity index (χ0n) is 14.2. The maximum absolute atomic E-state index is 12.6. The Morgan fingerprint density at radius 3 is 2.50 bits per heavy atom. The molecule has 0 spiro atoms. The molecule has 0 bridgehead atoms. The van der Waals surface area contributed by atoms with Gasteiger partial charge >= 0.3 is 0 Å². The van der Waals surface area contributed by atoms with E-state index in [1.807, 2.05) is 13.8 Å². The summed E-state index contributed by atoms with van der Waals surface area (Å²) in [6.07, 6.45) is 1.76. The third-order valence-electron chi connectivity index (χ3n) is 3.85. The number of carbonyl (C=O) groups excluding carboxylic acids is 1. The summed E-state index contributed by atoms with van der Waals surface area (Å²) in [7, 11) is -3.49. The molecule has 1 amide bonds. The van der Waals surface area contributed by atoms with Crippen LogP contribution >= 0.6 is 23.7 Å². The molecule has 3 N–H and O–H groups in total. The van der Waals surface area contributed by atoms with E-state index < -0.39 is 15.6 Å². The molecule has 0 atom stereocenters. The van der Waals surface area contributed by atoms with Crippen LogP contribution in [0.15, 0.2) is 16.3 Å². The number of thiophene rings is 1. The minimum absolute atomic E-state index is 0. The van der Waals surface area contributed by atoms with Crippen molar-refractivity contribution in [1.82, 2.24) is 9.62 Å². The van der Waals surface area contributed by atoms with E-state index >= 15 is 0 Å². The molecule has 1 fully saturated rings. The maximum atomic E-state index is 12.6. The van der Waals surface area contributed by atoms with E-state index in [9.17, 15) is 13.2 Å². The summed E-state index contributed by atoms with van der Waals surface area (Å²) in [5.41, 5.74) is 5.32. The lowest BCUT2D eigenvalue weighted by Gasteiger charge is -2.28. The van der Waals surface area contributed by atoms with Crippen molar-refractivity contribution in [2.75, 3.05) is 19.6 Å². The maximum Gasteiger partial charge on any atom is 0.261 e. The van der Waals surface area contributed by atoms with E-state index in [4.69, 9.17) is 5.73 Å². The average molecular weight is 396 g/mol. The number of nitrogens with two attached hydrogens (primary N) is 1. The van der Waals surface area contributed by atoms with Gasteiger partial charge in [-0.1, -0.05) is 6.92 Å². The van der Waals surface area contributed by atoms with E-state index in [1.165, 1.54) is 10.4 Å². The Bertz CT molecular complexity index is 660. The molecule has 0 radical (unpaired) electrons. The first-order valence-corrected chi connectivity index (χ1v) is 10.0. The Labute approximate surface area is 154 Å². The summed E-state index contributed by atoms with van der Waals surface area (Å²) in [6.45, 7) is 7.19. The Morgan fingerprint density at radius 1 is 1.38 bits per heavy atom. The van der Waals surface area contributed by atoms with Gasteiger partial charge in [0.15, 0.2) is 0 Å². The zero-order valence-corrected chi connectivity index (χ0v) is 16.7. The van der Waals surface area contributed by atoms with Crippen LogP contribution < -0.4 is 11.1 Å². The molecule has 24 heavy (non-hydrogen) atoms. The van der Waals surface area contributed by atoms with Crippen LogP contribution in [0.2, 0.25) is 0 Å². The van der Waals surface area contributed by atoms with Gasteiger partial charge in [0.25, 0.3) is 15.9 Å². The number of halogens is 1. The summed E-state index contributed by atoms with van der Waals surface area (Å²) < 4.78 is 27.0. The molecule has 1 aliphatic rings. The minimum atomic E-state index is -3.49. The Kier molecular flexibility index (Phi) is 7.25. The predicted octanol–water partition coefficient (Wildman–Crippen LogP) is 2.06. The first-order chi connectivity index (χ1) is 10.6. The Morgan fingerprint density at radius 2 is 1.96 bits per heavy atom. The molecule has 0 aromatic carbocycles. The molecule has 2 rings (SSSR count). The molecule has 2 heterocycles. The van der Waals surface area contributed by atoms with E-state index in [1.54, 1.807) is 6.07 Å². The number of piperidine rings is 1. The number of carbonyl (C=O) groups is 1. The van der Waals surface area contributed by atoms with Gasteiger partial charge in [-0.05, 0) is 44.7 Å². The minimum Gasteiger partial charge on any atom is -0.350 e. The monoisotopic (exact) mass is 395 g/mol. The highest BCUT2D eigenvalue weighted by atomic mass is 35.5. The first kappa shape index (κ1) is 21.4. The molecule has 0 saturated carbocycles. The van der Waals surface area contributed by atoms with Crippen molar-refractivity contribution >= 4 is 39.7 Å². The number of sulfonamides is 1. The van der Waals surface area contributed by atoms with Gasteiger partial charge in [0.2, 0.25) is 0 Å². The first-order valence-electron chi connectivity index (χ1n) is 7.77. The van der Waals surface area contributed by atoms with Crippen molar-refractivity contribution in [2.45, 2.75) is 43.4 Å². The summed E-state index contributed by atoms with van der Waals surface area (Å²) in [4.78, 5) is 12.5. The second-order valence-corrected chi connectivity index (χ2v) is 10.1. The summed E-state index contributed by atoms with van der Waals surface area (Å²) in [6, 6.07) is 3.07. The molecular weight excluding hydrogens is 370 g/mol. The molecular formula is C15H26ClN3O3S2. The molecule has 1 saturated heterocycles. The van der Waals surface area contributed by atoms with E-state index in [2.05, 4.69) is 12.2 Å². The molecule has 6 nitrogen and oxygen atoms in total. The van der Waals surface area contributed by atoms with Crippen LogP contribution in [-0.2, 0) is 10.0 Å². The molecule has 138 valence electrons. The summed E-state index contributed by atoms with van der Waals surface area (Å²) in [5.74, 6) is 0.271. The summed E-state index contributed by atoms with van der Waals surface area (Å²) >= 11 is 1.01. The number of hydrogen-bond acceptors (Lipinski definition) is 5. The SMILES string of the molecule is CC1CCN(S(=O)(=O)c2ccc(C(=O)NCC(C)(C)N)s2)CC1.Cl. The highest BCUT2D eigenvalue weighted by Gasteiger charge is 2.29. The van der Waals surface area contributed by atoms with Crippen molar-refractivity contribution in [3.8, 4) is 0 Å². The van der Waals surface area contributed by atoms with Gasteiger partial charge in [-0.25, -0.2) is 8.42 Å².